The lowest BCUT2D eigenvalue weighted by Gasteiger charge is -2.44. The molecule has 0 radical (unpaired) electrons. The van der Waals surface area contributed by atoms with E-state index in [1.807, 2.05) is 0 Å². The van der Waals surface area contributed by atoms with Gasteiger partial charge in [0.2, 0.25) is 11.8 Å². The summed E-state index contributed by atoms with van der Waals surface area (Å²) in [6, 6.07) is 6.50. The molecule has 6 nitrogen and oxygen atoms in total. The van der Waals surface area contributed by atoms with Crippen molar-refractivity contribution in [3.05, 3.63) is 35.6 Å². The van der Waals surface area contributed by atoms with E-state index in [9.17, 15) is 14.0 Å². The summed E-state index contributed by atoms with van der Waals surface area (Å²) in [5.74, 6) is -0.549. The van der Waals surface area contributed by atoms with Gasteiger partial charge in [-0.1, -0.05) is 31.0 Å². The van der Waals surface area contributed by atoms with Gasteiger partial charge in [0.25, 0.3) is 0 Å². The number of benzene rings is 1. The molecule has 7 heteroatoms. The summed E-state index contributed by atoms with van der Waals surface area (Å²) in [5, 5.41) is 3.21. The monoisotopic (exact) mass is 417 g/mol. The number of amides is 2. The Bertz CT molecular complexity index is 760. The highest BCUT2D eigenvalue weighted by Crippen LogP contribution is 2.35. The third kappa shape index (κ3) is 4.67. The molecule has 2 saturated heterocycles. The minimum atomic E-state index is -0.314. The first-order valence-corrected chi connectivity index (χ1v) is 11.2. The van der Waals surface area contributed by atoms with Crippen molar-refractivity contribution in [3.8, 4) is 0 Å². The molecule has 1 N–H and O–H groups in total. The Labute approximate surface area is 177 Å². The van der Waals surface area contributed by atoms with Gasteiger partial charge in [-0.05, 0) is 25.3 Å². The lowest BCUT2D eigenvalue weighted by molar-refractivity contribution is -0.139. The second-order valence-corrected chi connectivity index (χ2v) is 8.85. The van der Waals surface area contributed by atoms with Gasteiger partial charge >= 0.3 is 0 Å². The number of hydrogen-bond donors (Lipinski definition) is 1. The number of morpholine rings is 1. The van der Waals surface area contributed by atoms with Crippen molar-refractivity contribution >= 4 is 11.8 Å². The molecule has 1 aromatic rings. The number of piperidine rings is 1. The molecule has 2 heterocycles. The van der Waals surface area contributed by atoms with Crippen LogP contribution in [0.25, 0.3) is 0 Å². The van der Waals surface area contributed by atoms with Gasteiger partial charge in [0.15, 0.2) is 0 Å². The quantitative estimate of drug-likeness (QED) is 0.772. The molecule has 4 rings (SSSR count). The first-order valence-electron chi connectivity index (χ1n) is 11.2. The zero-order chi connectivity index (χ0) is 21.0. The third-order valence-electron chi connectivity index (χ3n) is 7.00. The van der Waals surface area contributed by atoms with Crippen LogP contribution < -0.4 is 5.32 Å². The predicted octanol–water partition coefficient (Wildman–Crippen LogP) is 2.33. The molecular weight excluding hydrogens is 385 g/mol. The van der Waals surface area contributed by atoms with Gasteiger partial charge < -0.3 is 15.0 Å². The number of likely N-dealkylation sites (tertiary alicyclic amines) is 1. The Kier molecular flexibility index (Phi) is 6.68. The number of halogens is 1. The van der Waals surface area contributed by atoms with E-state index >= 15 is 0 Å². The number of nitrogens with zero attached hydrogens (tertiary/aromatic N) is 2. The fourth-order valence-electron chi connectivity index (χ4n) is 5.19. The van der Waals surface area contributed by atoms with Crippen LogP contribution in [0, 0.1) is 11.7 Å². The van der Waals surface area contributed by atoms with Crippen molar-refractivity contribution in [2.45, 2.75) is 50.6 Å². The molecule has 0 bridgehead atoms. The molecule has 3 fully saturated rings. The van der Waals surface area contributed by atoms with Gasteiger partial charge in [-0.15, -0.1) is 0 Å². The summed E-state index contributed by atoms with van der Waals surface area (Å²) in [4.78, 5) is 29.5. The number of carbonyl (C=O) groups is 2. The molecule has 0 unspecified atom stereocenters. The molecule has 2 amide bonds. The normalized spacial score (nSPS) is 24.8. The highest BCUT2D eigenvalue weighted by molar-refractivity contribution is 5.83. The zero-order valence-corrected chi connectivity index (χ0v) is 17.6. The van der Waals surface area contributed by atoms with Crippen LogP contribution in [0.3, 0.4) is 0 Å². The number of nitrogens with one attached hydrogen (secondary N) is 1. The number of rotatable bonds is 6. The Morgan fingerprint density at radius 2 is 1.93 bits per heavy atom. The van der Waals surface area contributed by atoms with Crippen LogP contribution in [0.5, 0.6) is 0 Å². The molecule has 30 heavy (non-hydrogen) atoms. The molecule has 1 saturated carbocycles. The third-order valence-corrected chi connectivity index (χ3v) is 7.00. The minimum absolute atomic E-state index is 0.0112. The summed E-state index contributed by atoms with van der Waals surface area (Å²) in [5.41, 5.74) is 0.528. The van der Waals surface area contributed by atoms with Crippen molar-refractivity contribution in [2.75, 3.05) is 39.4 Å². The summed E-state index contributed by atoms with van der Waals surface area (Å²) >= 11 is 0. The highest BCUT2D eigenvalue weighted by Gasteiger charge is 2.41. The van der Waals surface area contributed by atoms with E-state index in [0.717, 1.165) is 39.1 Å². The topological polar surface area (TPSA) is 61.9 Å². The van der Waals surface area contributed by atoms with E-state index in [0.29, 0.717) is 31.5 Å². The number of hydrogen-bond acceptors (Lipinski definition) is 4. The smallest absolute Gasteiger partial charge is 0.224 e. The van der Waals surface area contributed by atoms with E-state index in [2.05, 4.69) is 10.2 Å². The molecule has 0 aromatic heterocycles. The SMILES string of the molecule is O=C(NCC1(N2CCOCC2)CCCC1)[C@H]1CCC(=O)N(Cc2ccccc2F)C1. The summed E-state index contributed by atoms with van der Waals surface area (Å²) in [7, 11) is 0. The Balaban J connectivity index is 1.35. The molecule has 164 valence electrons. The molecular formula is C23H32FN3O3. The van der Waals surface area contributed by atoms with E-state index in [4.69, 9.17) is 4.74 Å². The molecule has 1 aliphatic carbocycles. The lowest BCUT2D eigenvalue weighted by atomic mass is 9.92. The Morgan fingerprint density at radius 1 is 1.20 bits per heavy atom. The fraction of sp³-hybridized carbons (Fsp3) is 0.652. The standard InChI is InChI=1S/C23H32FN3O3/c24-20-6-2-1-5-18(20)15-26-16-19(7-8-21(26)28)22(29)25-17-23(9-3-4-10-23)27-11-13-30-14-12-27/h1-2,5-6,19H,3-4,7-17H2,(H,25,29)/t19-/m0/s1. The second kappa shape index (κ2) is 9.43. The maximum Gasteiger partial charge on any atom is 0.224 e. The van der Waals surface area contributed by atoms with Crippen LogP contribution in [-0.4, -0.2) is 66.5 Å². The van der Waals surface area contributed by atoms with E-state index < -0.39 is 0 Å². The average molecular weight is 418 g/mol. The molecule has 2 aliphatic heterocycles. The molecule has 1 aromatic carbocycles. The number of carbonyl (C=O) groups excluding carboxylic acids is 2. The first kappa shape index (κ1) is 21.2. The van der Waals surface area contributed by atoms with Crippen LogP contribution >= 0.6 is 0 Å². The van der Waals surface area contributed by atoms with Gasteiger partial charge in [-0.3, -0.25) is 14.5 Å². The Morgan fingerprint density at radius 3 is 2.67 bits per heavy atom. The Hall–Kier alpha value is -1.99. The zero-order valence-electron chi connectivity index (χ0n) is 17.6. The fourth-order valence-corrected chi connectivity index (χ4v) is 5.19. The summed E-state index contributed by atoms with van der Waals surface area (Å²) in [6.07, 6.45) is 5.50. The molecule has 1 atom stereocenters. The van der Waals surface area contributed by atoms with Gasteiger partial charge in [0, 0.05) is 50.2 Å². The maximum atomic E-state index is 14.0. The lowest BCUT2D eigenvalue weighted by Crippen LogP contribution is -2.58. The second-order valence-electron chi connectivity index (χ2n) is 8.85. The molecule has 3 aliphatic rings. The highest BCUT2D eigenvalue weighted by atomic mass is 19.1. The van der Waals surface area contributed by atoms with Crippen LogP contribution in [0.15, 0.2) is 24.3 Å². The van der Waals surface area contributed by atoms with Crippen molar-refractivity contribution in [3.63, 3.8) is 0 Å². The average Bonchev–Trinajstić information content (AvgIpc) is 3.26. The van der Waals surface area contributed by atoms with E-state index in [-0.39, 0.29) is 35.6 Å². The van der Waals surface area contributed by atoms with Crippen LogP contribution in [0.1, 0.15) is 44.1 Å². The minimum Gasteiger partial charge on any atom is -0.379 e. The number of ether oxygens (including phenoxy) is 1. The van der Waals surface area contributed by atoms with Crippen molar-refractivity contribution in [1.29, 1.82) is 0 Å². The first-order chi connectivity index (χ1) is 14.6. The van der Waals surface area contributed by atoms with Crippen molar-refractivity contribution < 1.29 is 18.7 Å². The van der Waals surface area contributed by atoms with Crippen LogP contribution in [0.4, 0.5) is 4.39 Å². The van der Waals surface area contributed by atoms with Gasteiger partial charge in [-0.25, -0.2) is 4.39 Å². The van der Waals surface area contributed by atoms with Gasteiger partial charge in [0.05, 0.1) is 19.1 Å². The van der Waals surface area contributed by atoms with Crippen LogP contribution in [-0.2, 0) is 20.9 Å². The van der Waals surface area contributed by atoms with E-state index in [1.54, 1.807) is 23.1 Å². The van der Waals surface area contributed by atoms with Gasteiger partial charge in [0.1, 0.15) is 5.82 Å². The van der Waals surface area contributed by atoms with Crippen molar-refractivity contribution in [2.24, 2.45) is 5.92 Å². The maximum absolute atomic E-state index is 14.0. The summed E-state index contributed by atoms with van der Waals surface area (Å²) in [6.45, 7) is 4.57. The van der Waals surface area contributed by atoms with Crippen molar-refractivity contribution in [1.82, 2.24) is 15.1 Å². The summed E-state index contributed by atoms with van der Waals surface area (Å²) < 4.78 is 19.5. The van der Waals surface area contributed by atoms with Gasteiger partial charge in [-0.2, -0.15) is 0 Å². The molecule has 0 spiro atoms. The largest absolute Gasteiger partial charge is 0.379 e. The van der Waals surface area contributed by atoms with E-state index in [1.165, 1.54) is 18.9 Å². The predicted molar refractivity (Wildman–Crippen MR) is 111 cm³/mol. The van der Waals surface area contributed by atoms with Crippen LogP contribution in [0.2, 0.25) is 0 Å².